The van der Waals surface area contributed by atoms with Gasteiger partial charge in [-0.25, -0.2) is 4.79 Å². The first-order valence-electron chi connectivity index (χ1n) is 15.4. The van der Waals surface area contributed by atoms with E-state index in [1.165, 1.54) is 17.0 Å². The Labute approximate surface area is 297 Å². The lowest BCUT2D eigenvalue weighted by Crippen LogP contribution is -2.47. The van der Waals surface area contributed by atoms with Gasteiger partial charge in [0.2, 0.25) is 0 Å². The number of nitrogens with one attached hydrogen (secondary N) is 1. The molecule has 2 aliphatic rings. The van der Waals surface area contributed by atoms with Crippen molar-refractivity contribution in [3.8, 4) is 11.8 Å². The third-order valence-corrected chi connectivity index (χ3v) is 8.77. The smallest absolute Gasteiger partial charge is 0.416 e. The Balaban J connectivity index is 0.00000520. The first-order valence-corrected chi connectivity index (χ1v) is 16.2. The lowest BCUT2D eigenvalue weighted by Gasteiger charge is -2.33. The van der Waals surface area contributed by atoms with Crippen molar-refractivity contribution in [3.05, 3.63) is 105 Å². The summed E-state index contributed by atoms with van der Waals surface area (Å²) in [5, 5.41) is 12.0. The van der Waals surface area contributed by atoms with Gasteiger partial charge in [0.25, 0.3) is 5.91 Å². The number of anilines is 1. The number of halogens is 5. The largest absolute Gasteiger partial charge is 0.494 e. The number of urea groups is 1. The van der Waals surface area contributed by atoms with Gasteiger partial charge in [-0.15, -0.1) is 17.0 Å². The zero-order valence-corrected chi connectivity index (χ0v) is 29.6. The highest BCUT2D eigenvalue weighted by Gasteiger charge is 2.45. The number of hydrogen-bond acceptors (Lipinski definition) is 5. The summed E-state index contributed by atoms with van der Waals surface area (Å²) in [5.74, 6) is 0.569. The van der Waals surface area contributed by atoms with E-state index in [0.717, 1.165) is 61.1 Å². The van der Waals surface area contributed by atoms with Gasteiger partial charge in [0.05, 0.1) is 53.3 Å². The molecule has 0 saturated carbocycles. The van der Waals surface area contributed by atoms with E-state index >= 15 is 0 Å². The first kappa shape index (κ1) is 37.0. The molecule has 0 radical (unpaired) electrons. The summed E-state index contributed by atoms with van der Waals surface area (Å²) in [6, 6.07) is 19.5. The average Bonchev–Trinajstić information content (AvgIpc) is 3.38. The summed E-state index contributed by atoms with van der Waals surface area (Å²) in [6.07, 6.45) is -1.16. The van der Waals surface area contributed by atoms with Gasteiger partial charge in [-0.05, 0) is 93.0 Å². The van der Waals surface area contributed by atoms with Crippen molar-refractivity contribution in [1.29, 1.82) is 5.26 Å². The van der Waals surface area contributed by atoms with Crippen molar-refractivity contribution >= 4 is 50.5 Å². The molecule has 254 valence electrons. The summed E-state index contributed by atoms with van der Waals surface area (Å²) in [7, 11) is 2.07. The molecule has 0 aliphatic carbocycles. The molecule has 3 aromatic carbocycles. The fourth-order valence-corrected chi connectivity index (χ4v) is 6.06. The molecule has 0 bridgehead atoms. The van der Waals surface area contributed by atoms with Crippen molar-refractivity contribution in [2.45, 2.75) is 37.9 Å². The van der Waals surface area contributed by atoms with E-state index in [1.54, 1.807) is 29.2 Å². The second-order valence-electron chi connectivity index (χ2n) is 11.6. The molecule has 2 heterocycles. The standard InChI is InChI=1S/C35H35BrF3N5O3.BrH/c1-42(18-6-20-47-29-15-13-27(36)14-16-29)17-3-2-4-19-43-23-30-31(33(43)45)32(25-11-9-24(22-40)10-12-25)41-34(46)44(30)28-8-5-7-26(21-28)35(37,38)39;/h5,7-16,21,32H,2-4,6,17-20,23H2,1H3,(H,41,46);1H/t32-;/m1./s1. The van der Waals surface area contributed by atoms with Crippen LogP contribution in [0, 0.1) is 11.3 Å². The number of hydrogen-bond donors (Lipinski definition) is 1. The Morgan fingerprint density at radius 1 is 1.00 bits per heavy atom. The van der Waals surface area contributed by atoms with E-state index in [0.29, 0.717) is 35.5 Å². The summed E-state index contributed by atoms with van der Waals surface area (Å²) in [5.41, 5.74) is 0.851. The highest BCUT2D eigenvalue weighted by molar-refractivity contribution is 9.10. The lowest BCUT2D eigenvalue weighted by atomic mass is 9.94. The molecule has 0 unspecified atom stereocenters. The zero-order valence-electron chi connectivity index (χ0n) is 26.3. The van der Waals surface area contributed by atoms with Gasteiger partial charge in [-0.2, -0.15) is 18.4 Å². The van der Waals surface area contributed by atoms with Gasteiger partial charge in [0.15, 0.2) is 0 Å². The fraction of sp³-hybridized carbons (Fsp3) is 0.343. The maximum absolute atomic E-state index is 13.8. The van der Waals surface area contributed by atoms with Gasteiger partial charge in [0, 0.05) is 17.6 Å². The Bertz CT molecular complexity index is 1660. The zero-order chi connectivity index (χ0) is 33.6. The minimum absolute atomic E-state index is 0. The number of carbonyl (C=O) groups excluding carboxylic acids is 2. The molecule has 3 aromatic rings. The van der Waals surface area contributed by atoms with Crippen molar-refractivity contribution < 1.29 is 27.5 Å². The van der Waals surface area contributed by atoms with Gasteiger partial charge in [-0.3, -0.25) is 9.69 Å². The van der Waals surface area contributed by atoms with Crippen LogP contribution < -0.4 is 15.0 Å². The molecule has 2 aliphatic heterocycles. The van der Waals surface area contributed by atoms with Crippen LogP contribution in [0.4, 0.5) is 23.7 Å². The van der Waals surface area contributed by atoms with E-state index in [9.17, 15) is 28.0 Å². The Morgan fingerprint density at radius 3 is 2.40 bits per heavy atom. The van der Waals surface area contributed by atoms with Crippen LogP contribution in [-0.4, -0.2) is 61.6 Å². The van der Waals surface area contributed by atoms with Crippen molar-refractivity contribution in [1.82, 2.24) is 15.1 Å². The first-order chi connectivity index (χ1) is 22.5. The molecule has 48 heavy (non-hydrogen) atoms. The fourth-order valence-electron chi connectivity index (χ4n) is 5.80. The number of rotatable bonds is 13. The molecule has 0 saturated heterocycles. The minimum atomic E-state index is -4.59. The third kappa shape index (κ3) is 8.98. The number of benzene rings is 3. The maximum atomic E-state index is 13.8. The van der Waals surface area contributed by atoms with Crippen LogP contribution in [-0.2, 0) is 11.0 Å². The number of amides is 3. The second-order valence-corrected chi connectivity index (χ2v) is 12.5. The molecule has 8 nitrogen and oxygen atoms in total. The minimum Gasteiger partial charge on any atom is -0.494 e. The SMILES string of the molecule is Br.CN(CCCCCN1CC2=C(C1=O)[C@@H](c1ccc(C#N)cc1)NC(=O)N2c1cccc(C(F)(F)F)c1)CCCOc1ccc(Br)cc1. The number of ether oxygens (including phenoxy) is 1. The summed E-state index contributed by atoms with van der Waals surface area (Å²) in [4.78, 5) is 32.4. The Hall–Kier alpha value is -3.86. The number of nitrogens with zero attached hydrogens (tertiary/aromatic N) is 4. The normalized spacial score (nSPS) is 16.1. The van der Waals surface area contributed by atoms with E-state index in [1.807, 2.05) is 24.3 Å². The molecule has 5 rings (SSSR count). The molecule has 0 fully saturated rings. The molecule has 1 N–H and O–H groups in total. The second kappa shape index (κ2) is 16.5. The highest BCUT2D eigenvalue weighted by atomic mass is 79.9. The quantitative estimate of drug-likeness (QED) is 0.178. The van der Waals surface area contributed by atoms with Gasteiger partial charge < -0.3 is 19.9 Å². The number of nitriles is 1. The molecule has 13 heteroatoms. The maximum Gasteiger partial charge on any atom is 0.416 e. The van der Waals surface area contributed by atoms with Crippen LogP contribution in [0.2, 0.25) is 0 Å². The van der Waals surface area contributed by atoms with E-state index in [-0.39, 0.29) is 35.1 Å². The van der Waals surface area contributed by atoms with E-state index in [4.69, 9.17) is 4.74 Å². The van der Waals surface area contributed by atoms with Gasteiger partial charge in [-0.1, -0.05) is 40.5 Å². The number of alkyl halides is 3. The van der Waals surface area contributed by atoms with Crippen LogP contribution in [0.25, 0.3) is 0 Å². The van der Waals surface area contributed by atoms with Crippen LogP contribution in [0.15, 0.2) is 88.5 Å². The van der Waals surface area contributed by atoms with E-state index < -0.39 is 23.8 Å². The highest BCUT2D eigenvalue weighted by Crippen LogP contribution is 2.40. The summed E-state index contributed by atoms with van der Waals surface area (Å²) in [6.45, 7) is 2.95. The lowest BCUT2D eigenvalue weighted by molar-refractivity contribution is -0.137. The van der Waals surface area contributed by atoms with Crippen molar-refractivity contribution in [2.75, 3.05) is 44.7 Å². The third-order valence-electron chi connectivity index (χ3n) is 8.24. The van der Waals surface area contributed by atoms with Crippen LogP contribution in [0.1, 0.15) is 48.4 Å². The topological polar surface area (TPSA) is 88.9 Å². The van der Waals surface area contributed by atoms with Crippen LogP contribution in [0.5, 0.6) is 5.75 Å². The summed E-state index contributed by atoms with van der Waals surface area (Å²) < 4.78 is 47.4. The van der Waals surface area contributed by atoms with Gasteiger partial charge in [0.1, 0.15) is 5.75 Å². The molecule has 1 atom stereocenters. The van der Waals surface area contributed by atoms with Crippen LogP contribution in [0.3, 0.4) is 0 Å². The Morgan fingerprint density at radius 2 is 1.71 bits per heavy atom. The monoisotopic (exact) mass is 789 g/mol. The molecular formula is C35H36Br2F3N5O3. The number of unbranched alkanes of at least 4 members (excludes halogenated alkanes) is 2. The predicted molar refractivity (Wildman–Crippen MR) is 186 cm³/mol. The van der Waals surface area contributed by atoms with Crippen molar-refractivity contribution in [3.63, 3.8) is 0 Å². The average molecular weight is 792 g/mol. The molecule has 0 aromatic heterocycles. The molecule has 0 spiro atoms. The molecular weight excluding hydrogens is 755 g/mol. The van der Waals surface area contributed by atoms with Crippen molar-refractivity contribution in [2.24, 2.45) is 0 Å². The predicted octanol–water partition coefficient (Wildman–Crippen LogP) is 7.86. The van der Waals surface area contributed by atoms with Crippen LogP contribution >= 0.6 is 32.9 Å². The molecule has 3 amide bonds. The Kier molecular flexibility index (Phi) is 12.7. The van der Waals surface area contributed by atoms with E-state index in [2.05, 4.69) is 39.3 Å². The number of carbonyl (C=O) groups is 2. The van der Waals surface area contributed by atoms with Gasteiger partial charge >= 0.3 is 12.2 Å². The summed E-state index contributed by atoms with van der Waals surface area (Å²) >= 11 is 3.41.